The van der Waals surface area contributed by atoms with Gasteiger partial charge in [0.05, 0.1) is 16.7 Å². The molecule has 29 heavy (non-hydrogen) atoms. The molecule has 1 heterocycles. The molecule has 0 bridgehead atoms. The van der Waals surface area contributed by atoms with E-state index in [9.17, 15) is 19.7 Å². The van der Waals surface area contributed by atoms with E-state index < -0.39 is 10.9 Å². The van der Waals surface area contributed by atoms with E-state index in [0.717, 1.165) is 0 Å². The van der Waals surface area contributed by atoms with Crippen molar-refractivity contribution in [3.8, 4) is 5.75 Å². The Balaban J connectivity index is 1.62. The lowest BCUT2D eigenvalue weighted by Crippen LogP contribution is -2.17. The molecule has 1 amide bonds. The first-order valence-corrected chi connectivity index (χ1v) is 8.33. The van der Waals surface area contributed by atoms with E-state index in [1.807, 2.05) is 0 Å². The van der Waals surface area contributed by atoms with Crippen LogP contribution >= 0.6 is 0 Å². The maximum atomic E-state index is 12.2. The first kappa shape index (κ1) is 19.4. The number of carbonyl (C=O) groups is 2. The topological polar surface area (TPSA) is 124 Å². The molecular formula is C20H14N4O5. The van der Waals surface area contributed by atoms with Gasteiger partial charge in [-0.05, 0) is 42.0 Å². The number of nitro groups is 1. The minimum Gasteiger partial charge on any atom is -0.423 e. The minimum atomic E-state index is -0.653. The average Bonchev–Trinajstić information content (AvgIpc) is 2.74. The number of aromatic nitrogens is 1. The number of non-ortho nitro benzene ring substituents is 1. The van der Waals surface area contributed by atoms with Crippen LogP contribution in [0.1, 0.15) is 26.3 Å². The van der Waals surface area contributed by atoms with Crippen LogP contribution in [0.3, 0.4) is 0 Å². The maximum Gasteiger partial charge on any atom is 0.343 e. The first-order valence-electron chi connectivity index (χ1n) is 8.33. The molecule has 0 unspecified atom stereocenters. The van der Waals surface area contributed by atoms with E-state index >= 15 is 0 Å². The summed E-state index contributed by atoms with van der Waals surface area (Å²) < 4.78 is 5.27. The standard InChI is InChI=1S/C20H14N4O5/c25-19(15-8-10-21-11-9-15)23-22-13-14-2-1-3-18(12-14)29-20(26)16-4-6-17(7-5-16)24(27)28/h1-13H,(H,23,25). The van der Waals surface area contributed by atoms with Crippen molar-refractivity contribution in [2.45, 2.75) is 0 Å². The Bertz CT molecular complexity index is 1070. The molecule has 0 fully saturated rings. The van der Waals surface area contributed by atoms with Crippen molar-refractivity contribution in [2.75, 3.05) is 0 Å². The third-order valence-electron chi connectivity index (χ3n) is 3.70. The summed E-state index contributed by atoms with van der Waals surface area (Å²) >= 11 is 0. The number of hydrazone groups is 1. The van der Waals surface area contributed by atoms with E-state index in [-0.39, 0.29) is 22.9 Å². The number of ether oxygens (including phenoxy) is 1. The zero-order valence-electron chi connectivity index (χ0n) is 14.9. The molecule has 3 rings (SSSR count). The molecule has 0 atom stereocenters. The van der Waals surface area contributed by atoms with Gasteiger partial charge in [-0.3, -0.25) is 19.9 Å². The average molecular weight is 390 g/mol. The normalized spacial score (nSPS) is 10.5. The summed E-state index contributed by atoms with van der Waals surface area (Å²) in [5.41, 5.74) is 3.46. The summed E-state index contributed by atoms with van der Waals surface area (Å²) in [5.74, 6) is -0.776. The van der Waals surface area contributed by atoms with Crippen molar-refractivity contribution in [1.29, 1.82) is 0 Å². The summed E-state index contributed by atoms with van der Waals surface area (Å²) in [6.45, 7) is 0. The van der Waals surface area contributed by atoms with Gasteiger partial charge < -0.3 is 4.74 Å². The fraction of sp³-hybridized carbons (Fsp3) is 0. The van der Waals surface area contributed by atoms with Gasteiger partial charge in [0.1, 0.15) is 5.75 Å². The predicted molar refractivity (Wildman–Crippen MR) is 104 cm³/mol. The summed E-state index contributed by atoms with van der Waals surface area (Å²) in [7, 11) is 0. The molecule has 144 valence electrons. The lowest BCUT2D eigenvalue weighted by Gasteiger charge is -2.05. The van der Waals surface area contributed by atoms with Crippen LogP contribution in [0, 0.1) is 10.1 Å². The van der Waals surface area contributed by atoms with Crippen LogP contribution in [-0.4, -0.2) is 28.0 Å². The van der Waals surface area contributed by atoms with E-state index in [2.05, 4.69) is 15.5 Å². The molecule has 0 aliphatic carbocycles. The molecule has 9 nitrogen and oxygen atoms in total. The van der Waals surface area contributed by atoms with Crippen LogP contribution in [0.4, 0.5) is 5.69 Å². The van der Waals surface area contributed by atoms with Crippen molar-refractivity contribution >= 4 is 23.8 Å². The van der Waals surface area contributed by atoms with Crippen molar-refractivity contribution in [3.63, 3.8) is 0 Å². The number of benzene rings is 2. The highest BCUT2D eigenvalue weighted by molar-refractivity contribution is 5.95. The van der Waals surface area contributed by atoms with Crippen LogP contribution in [0.5, 0.6) is 5.75 Å². The van der Waals surface area contributed by atoms with Crippen molar-refractivity contribution in [1.82, 2.24) is 10.4 Å². The van der Waals surface area contributed by atoms with Gasteiger partial charge in [0.15, 0.2) is 0 Å². The Morgan fingerprint density at radius 3 is 2.45 bits per heavy atom. The Hall–Kier alpha value is -4.40. The van der Waals surface area contributed by atoms with Gasteiger partial charge in [-0.25, -0.2) is 10.2 Å². The predicted octanol–water partition coefficient (Wildman–Crippen LogP) is 2.97. The van der Waals surface area contributed by atoms with Crippen molar-refractivity contribution < 1.29 is 19.2 Å². The molecule has 0 spiro atoms. The summed E-state index contributed by atoms with van der Waals surface area (Å²) in [5, 5.41) is 14.5. The largest absolute Gasteiger partial charge is 0.423 e. The van der Waals surface area contributed by atoms with Gasteiger partial charge in [-0.15, -0.1) is 0 Å². The lowest BCUT2D eigenvalue weighted by atomic mass is 10.2. The maximum absolute atomic E-state index is 12.2. The van der Waals surface area contributed by atoms with E-state index in [0.29, 0.717) is 11.1 Å². The molecule has 9 heteroatoms. The molecule has 3 aromatic rings. The van der Waals surface area contributed by atoms with Gasteiger partial charge in [-0.2, -0.15) is 5.10 Å². The van der Waals surface area contributed by atoms with Crippen molar-refractivity contribution in [3.05, 3.63) is 99.9 Å². The van der Waals surface area contributed by atoms with Gasteiger partial charge in [0.2, 0.25) is 0 Å². The van der Waals surface area contributed by atoms with Crippen LogP contribution < -0.4 is 10.2 Å². The van der Waals surface area contributed by atoms with Crippen LogP contribution in [0.2, 0.25) is 0 Å². The Morgan fingerprint density at radius 1 is 1.03 bits per heavy atom. The number of carbonyl (C=O) groups excluding carboxylic acids is 2. The fourth-order valence-corrected chi connectivity index (χ4v) is 2.28. The zero-order chi connectivity index (χ0) is 20.6. The number of hydrogen-bond donors (Lipinski definition) is 1. The SMILES string of the molecule is O=C(NN=Cc1cccc(OC(=O)c2ccc([N+](=O)[O-])cc2)c1)c1ccncc1. The molecule has 1 aromatic heterocycles. The number of pyridine rings is 1. The van der Waals surface area contributed by atoms with E-state index in [1.54, 1.807) is 36.4 Å². The van der Waals surface area contributed by atoms with Gasteiger partial charge in [0, 0.05) is 30.1 Å². The molecule has 0 radical (unpaired) electrons. The second-order valence-electron chi connectivity index (χ2n) is 5.70. The van der Waals surface area contributed by atoms with Crippen LogP contribution in [-0.2, 0) is 0 Å². The summed E-state index contributed by atoms with van der Waals surface area (Å²) in [6.07, 6.45) is 4.41. The third-order valence-corrected chi connectivity index (χ3v) is 3.70. The van der Waals surface area contributed by atoms with Gasteiger partial charge in [0.25, 0.3) is 11.6 Å². The third kappa shape index (κ3) is 5.30. The molecule has 0 saturated heterocycles. The highest BCUT2D eigenvalue weighted by Gasteiger charge is 2.11. The van der Waals surface area contributed by atoms with Crippen molar-refractivity contribution in [2.24, 2.45) is 5.10 Å². The highest BCUT2D eigenvalue weighted by Crippen LogP contribution is 2.16. The monoisotopic (exact) mass is 390 g/mol. The van der Waals surface area contributed by atoms with Gasteiger partial charge >= 0.3 is 5.97 Å². The number of nitrogens with one attached hydrogen (secondary N) is 1. The number of rotatable bonds is 6. The molecule has 1 N–H and O–H groups in total. The highest BCUT2D eigenvalue weighted by atomic mass is 16.6. The Labute approximate surface area is 164 Å². The number of nitro benzene ring substituents is 1. The summed E-state index contributed by atoms with van der Waals surface area (Å²) in [6, 6.07) is 14.7. The second kappa shape index (κ2) is 9.00. The number of esters is 1. The van der Waals surface area contributed by atoms with Crippen LogP contribution in [0.15, 0.2) is 78.2 Å². The zero-order valence-corrected chi connectivity index (χ0v) is 14.9. The fourth-order valence-electron chi connectivity index (χ4n) is 2.28. The molecule has 0 aliphatic rings. The minimum absolute atomic E-state index is 0.117. The number of hydrogen-bond acceptors (Lipinski definition) is 7. The quantitative estimate of drug-likeness (QED) is 0.227. The summed E-state index contributed by atoms with van der Waals surface area (Å²) in [4.78, 5) is 38.0. The smallest absolute Gasteiger partial charge is 0.343 e. The number of amides is 1. The van der Waals surface area contributed by atoms with E-state index in [4.69, 9.17) is 4.74 Å². The molecule has 0 aliphatic heterocycles. The second-order valence-corrected chi connectivity index (χ2v) is 5.70. The van der Waals surface area contributed by atoms with E-state index in [1.165, 1.54) is 42.9 Å². The molecular weight excluding hydrogens is 376 g/mol. The molecule has 0 saturated carbocycles. The van der Waals surface area contributed by atoms with Gasteiger partial charge in [-0.1, -0.05) is 12.1 Å². The Morgan fingerprint density at radius 2 is 1.76 bits per heavy atom. The first-order chi connectivity index (χ1) is 14.0. The molecule has 2 aromatic carbocycles. The number of nitrogens with zero attached hydrogens (tertiary/aromatic N) is 3. The lowest BCUT2D eigenvalue weighted by molar-refractivity contribution is -0.384. The Kier molecular flexibility index (Phi) is 6.01. The van der Waals surface area contributed by atoms with Crippen LogP contribution in [0.25, 0.3) is 0 Å².